The number of nitrogens with zero attached hydrogens (tertiary/aromatic N) is 2. The number of alkyl halides is 4. The third-order valence-corrected chi connectivity index (χ3v) is 8.23. The number of aryl methyl sites for hydroxylation is 1. The number of amides is 1. The van der Waals surface area contributed by atoms with Gasteiger partial charge in [0.1, 0.15) is 28.2 Å². The number of rotatable bonds is 11. The molecule has 4 rings (SSSR count). The van der Waals surface area contributed by atoms with Crippen LogP contribution in [0.15, 0.2) is 65.7 Å². The highest BCUT2D eigenvalue weighted by molar-refractivity contribution is 8.00. The zero-order valence-corrected chi connectivity index (χ0v) is 24.4. The Hall–Kier alpha value is -3.43. The quantitative estimate of drug-likeness (QED) is 0.0738. The molecule has 2 aromatic carbocycles. The molecule has 44 heavy (non-hydrogen) atoms. The average molecular weight is 635 g/mol. The first-order chi connectivity index (χ1) is 20.5. The lowest BCUT2D eigenvalue weighted by molar-refractivity contribution is -0.142. The molecule has 0 bridgehead atoms. The van der Waals surface area contributed by atoms with Crippen LogP contribution < -0.4 is 5.32 Å². The molecule has 1 atom stereocenters. The highest BCUT2D eigenvalue weighted by Crippen LogP contribution is 2.35. The number of carbonyl (C=O) groups excluding carboxylic acids is 1. The second-order valence-corrected chi connectivity index (χ2v) is 11.9. The Morgan fingerprint density at radius 3 is 2.36 bits per heavy atom. The molecule has 0 aliphatic heterocycles. The molecule has 8 nitrogen and oxygen atoms in total. The van der Waals surface area contributed by atoms with Crippen LogP contribution in [0.5, 0.6) is 0 Å². The van der Waals surface area contributed by atoms with Crippen LogP contribution in [0.25, 0.3) is 10.9 Å². The molecule has 4 aromatic rings. The number of aliphatic hydroxyl groups excluding tert-OH is 1. The number of hydrogen-bond acceptors (Lipinski definition) is 7. The summed E-state index contributed by atoms with van der Waals surface area (Å²) >= 11 is 0.553. The smallest absolute Gasteiger partial charge is 0.401 e. The standard InChI is InChI=1S/C28H28B2F5N3O5S/c29-27(30,41)28(42,43)44-20-4-5-22(36-13-20)23(14-39)37-25(40)16-2-6-24-17(9-16)11-19(38(24)8-7-31)10-15-1-3-18(32)12-21(15)26(33,34)35/h1-6,9,11-13,23,39,41-43H,7-8,10,14,29-30H2,(H,37,40). The van der Waals surface area contributed by atoms with Crippen molar-refractivity contribution < 1.29 is 47.2 Å². The van der Waals surface area contributed by atoms with E-state index in [0.29, 0.717) is 39.3 Å². The van der Waals surface area contributed by atoms with Crippen LogP contribution in [0.2, 0.25) is 0 Å². The summed E-state index contributed by atoms with van der Waals surface area (Å²) in [5.41, 5.74) is -0.0942. The van der Waals surface area contributed by atoms with Gasteiger partial charge in [-0.15, -0.1) is 0 Å². The van der Waals surface area contributed by atoms with Gasteiger partial charge in [-0.25, -0.2) is 8.78 Å². The maximum absolute atomic E-state index is 13.6. The van der Waals surface area contributed by atoms with E-state index in [2.05, 4.69) is 10.3 Å². The van der Waals surface area contributed by atoms with Gasteiger partial charge in [0.15, 0.2) is 0 Å². The Bertz CT molecular complexity index is 1650. The number of halogens is 5. The first-order valence-electron chi connectivity index (χ1n) is 13.3. The van der Waals surface area contributed by atoms with Crippen molar-refractivity contribution in [3.8, 4) is 0 Å². The number of pyridine rings is 1. The van der Waals surface area contributed by atoms with Crippen molar-refractivity contribution in [1.82, 2.24) is 14.9 Å². The van der Waals surface area contributed by atoms with Crippen LogP contribution in [0.4, 0.5) is 22.0 Å². The fraction of sp³-hybridized carbons (Fsp3) is 0.286. The molecule has 0 aliphatic rings. The lowest BCUT2D eigenvalue weighted by Crippen LogP contribution is -2.53. The topological polar surface area (TPSA) is 128 Å². The summed E-state index contributed by atoms with van der Waals surface area (Å²) in [4.78, 5) is 17.6. The van der Waals surface area contributed by atoms with E-state index in [0.717, 1.165) is 12.1 Å². The zero-order valence-electron chi connectivity index (χ0n) is 23.6. The molecule has 0 saturated heterocycles. The van der Waals surface area contributed by atoms with E-state index in [4.69, 9.17) is 0 Å². The van der Waals surface area contributed by atoms with Crippen molar-refractivity contribution >= 4 is 44.3 Å². The van der Waals surface area contributed by atoms with E-state index in [-0.39, 0.29) is 29.8 Å². The van der Waals surface area contributed by atoms with Crippen LogP contribution in [-0.4, -0.2) is 75.4 Å². The van der Waals surface area contributed by atoms with E-state index in [1.165, 1.54) is 56.8 Å². The molecule has 0 fully saturated rings. The van der Waals surface area contributed by atoms with Crippen molar-refractivity contribution in [2.45, 2.75) is 40.6 Å². The van der Waals surface area contributed by atoms with Crippen molar-refractivity contribution in [1.29, 1.82) is 0 Å². The van der Waals surface area contributed by atoms with Gasteiger partial charge in [0.2, 0.25) is 5.12 Å². The highest BCUT2D eigenvalue weighted by Gasteiger charge is 2.41. The number of fused-ring (bicyclic) bond motifs is 1. The van der Waals surface area contributed by atoms with Gasteiger partial charge >= 0.3 is 6.18 Å². The number of aliphatic hydroxyl groups is 4. The minimum Gasteiger partial charge on any atom is -0.401 e. The SMILES string of the molecule is BC(B)(O)C(O)(O)Sc1ccc(C(CO)NC(=O)c2ccc3c(c2)cc(Cc2ccc(F)cc2C(F)(F)F)n3CCF)nc1. The maximum Gasteiger partial charge on any atom is 0.416 e. The fourth-order valence-corrected chi connectivity index (χ4v) is 5.35. The predicted molar refractivity (Wildman–Crippen MR) is 159 cm³/mol. The summed E-state index contributed by atoms with van der Waals surface area (Å²) in [6.45, 7) is -1.48. The molecule has 16 heteroatoms. The molecule has 1 unspecified atom stereocenters. The average Bonchev–Trinajstić information content (AvgIpc) is 3.28. The van der Waals surface area contributed by atoms with Gasteiger partial charge < -0.3 is 30.3 Å². The maximum atomic E-state index is 13.6. The van der Waals surface area contributed by atoms with Gasteiger partial charge in [-0.1, -0.05) is 17.8 Å². The fourth-order valence-electron chi connectivity index (χ4n) is 4.53. The number of aromatic nitrogens is 2. The molecule has 1 amide bonds. The number of carbonyl (C=O) groups is 1. The monoisotopic (exact) mass is 635 g/mol. The molecule has 0 saturated carbocycles. The summed E-state index contributed by atoms with van der Waals surface area (Å²) in [5.74, 6) is -1.63. The number of hydrogen-bond donors (Lipinski definition) is 5. The van der Waals surface area contributed by atoms with E-state index in [9.17, 15) is 47.2 Å². The van der Waals surface area contributed by atoms with Crippen LogP contribution >= 0.6 is 11.8 Å². The first-order valence-corrected chi connectivity index (χ1v) is 14.1. The number of benzene rings is 2. The largest absolute Gasteiger partial charge is 0.416 e. The van der Waals surface area contributed by atoms with Crippen molar-refractivity contribution in [2.75, 3.05) is 13.3 Å². The molecule has 2 aromatic heterocycles. The molecule has 0 radical (unpaired) electrons. The van der Waals surface area contributed by atoms with Gasteiger partial charge in [0.05, 0.1) is 35.9 Å². The summed E-state index contributed by atoms with van der Waals surface area (Å²) in [6, 6.07) is 10.4. The lowest BCUT2D eigenvalue weighted by Gasteiger charge is -2.33. The zero-order chi connectivity index (χ0) is 32.4. The van der Waals surface area contributed by atoms with Gasteiger partial charge in [-0.05, 0) is 54.1 Å². The van der Waals surface area contributed by atoms with Gasteiger partial charge in [-0.3, -0.25) is 9.78 Å². The van der Waals surface area contributed by atoms with E-state index in [1.807, 2.05) is 0 Å². The minimum atomic E-state index is -4.80. The van der Waals surface area contributed by atoms with Crippen LogP contribution in [0, 0.1) is 5.82 Å². The highest BCUT2D eigenvalue weighted by atomic mass is 32.2. The van der Waals surface area contributed by atoms with Crippen molar-refractivity contribution in [3.63, 3.8) is 0 Å². The Morgan fingerprint density at radius 1 is 1.05 bits per heavy atom. The van der Waals surface area contributed by atoms with E-state index >= 15 is 0 Å². The van der Waals surface area contributed by atoms with Crippen LogP contribution in [0.1, 0.15) is 38.9 Å². The normalized spacial score (nSPS) is 13.3. The van der Waals surface area contributed by atoms with Crippen LogP contribution in [0.3, 0.4) is 0 Å². The number of nitrogens with one attached hydrogen (secondary N) is 1. The summed E-state index contributed by atoms with van der Waals surface area (Å²) in [7, 11) is 2.45. The van der Waals surface area contributed by atoms with Gasteiger partial charge in [0.25, 0.3) is 5.91 Å². The second kappa shape index (κ2) is 12.9. The molecule has 232 valence electrons. The molecular weight excluding hydrogens is 607 g/mol. The number of thioether (sulfide) groups is 1. The van der Waals surface area contributed by atoms with Crippen molar-refractivity contribution in [2.24, 2.45) is 0 Å². The van der Waals surface area contributed by atoms with Gasteiger partial charge in [0, 0.05) is 39.7 Å². The van der Waals surface area contributed by atoms with Crippen LogP contribution in [-0.2, 0) is 19.1 Å². The Balaban J connectivity index is 1.57. The van der Waals surface area contributed by atoms with Gasteiger partial charge in [-0.2, -0.15) is 13.2 Å². The Kier molecular flexibility index (Phi) is 9.81. The van der Waals surface area contributed by atoms with Crippen molar-refractivity contribution in [3.05, 3.63) is 94.7 Å². The van der Waals surface area contributed by atoms with E-state index in [1.54, 1.807) is 6.07 Å². The Labute approximate surface area is 254 Å². The van der Waals surface area contributed by atoms with E-state index < -0.39 is 53.3 Å². The lowest BCUT2D eigenvalue weighted by atomic mass is 9.64. The second-order valence-electron chi connectivity index (χ2n) is 10.6. The molecule has 2 heterocycles. The molecule has 5 N–H and O–H groups in total. The molecule has 0 aliphatic carbocycles. The summed E-state index contributed by atoms with van der Waals surface area (Å²) in [5, 5.41) is 38.8. The molecular formula is C28H28B2F5N3O5S. The molecule has 0 spiro atoms. The minimum absolute atomic E-state index is 0.150. The third kappa shape index (κ3) is 7.44. The summed E-state index contributed by atoms with van der Waals surface area (Å²) in [6.07, 6.45) is -3.77. The first kappa shape index (κ1) is 33.5. The summed E-state index contributed by atoms with van der Waals surface area (Å²) < 4.78 is 69.3. The Morgan fingerprint density at radius 2 is 1.77 bits per heavy atom. The third-order valence-electron chi connectivity index (χ3n) is 6.97. The predicted octanol–water partition coefficient (Wildman–Crippen LogP) is 1.86.